The van der Waals surface area contributed by atoms with Gasteiger partial charge in [0.1, 0.15) is 0 Å². The van der Waals surface area contributed by atoms with Gasteiger partial charge in [-0.3, -0.25) is 14.6 Å². The predicted molar refractivity (Wildman–Crippen MR) is 133 cm³/mol. The molecule has 1 aromatic heterocycles. The average molecular weight is 492 g/mol. The van der Waals surface area contributed by atoms with Crippen LogP contribution in [-0.4, -0.2) is 57.2 Å². The molecule has 0 unspecified atom stereocenters. The van der Waals surface area contributed by atoms with Crippen LogP contribution in [0, 0.1) is 0 Å². The van der Waals surface area contributed by atoms with Crippen molar-refractivity contribution >= 4 is 11.8 Å². The number of methoxy groups -OCH3 is 4. The molecule has 9 heteroatoms. The van der Waals surface area contributed by atoms with E-state index in [0.717, 1.165) is 11.3 Å². The maximum absolute atomic E-state index is 13.8. The van der Waals surface area contributed by atoms with Crippen molar-refractivity contribution in [3.63, 3.8) is 0 Å². The molecule has 2 amide bonds. The lowest BCUT2D eigenvalue weighted by atomic mass is 9.79. The third kappa shape index (κ3) is 4.51. The Balaban J connectivity index is 1.84. The summed E-state index contributed by atoms with van der Waals surface area (Å²) >= 11 is 0. The first-order valence-electron chi connectivity index (χ1n) is 11.4. The summed E-state index contributed by atoms with van der Waals surface area (Å²) in [6.45, 7) is 0.245. The van der Waals surface area contributed by atoms with Crippen molar-refractivity contribution in [1.29, 1.82) is 0 Å². The fourth-order valence-corrected chi connectivity index (χ4v) is 4.58. The molecular weight excluding hydrogens is 462 g/mol. The van der Waals surface area contributed by atoms with Crippen molar-refractivity contribution in [3.8, 4) is 23.0 Å². The molecule has 3 aromatic rings. The number of rotatable bonds is 8. The third-order valence-corrected chi connectivity index (χ3v) is 6.38. The molecular formula is C27H29N3O6. The highest BCUT2D eigenvalue weighted by atomic mass is 16.5. The van der Waals surface area contributed by atoms with E-state index in [9.17, 15) is 9.59 Å². The molecule has 0 saturated heterocycles. The molecule has 2 heterocycles. The first-order valence-corrected chi connectivity index (χ1v) is 11.4. The molecule has 1 aliphatic heterocycles. The van der Waals surface area contributed by atoms with E-state index in [0.29, 0.717) is 34.1 Å². The number of nitrogens with zero attached hydrogens (tertiary/aromatic N) is 2. The van der Waals surface area contributed by atoms with E-state index < -0.39 is 12.0 Å². The minimum Gasteiger partial charge on any atom is -0.493 e. The second-order valence-corrected chi connectivity index (χ2v) is 8.29. The van der Waals surface area contributed by atoms with Gasteiger partial charge in [0.05, 0.1) is 52.6 Å². The Morgan fingerprint density at radius 2 is 1.58 bits per heavy atom. The Morgan fingerprint density at radius 1 is 0.917 bits per heavy atom. The highest BCUT2D eigenvalue weighted by Crippen LogP contribution is 2.46. The highest BCUT2D eigenvalue weighted by Gasteiger charge is 2.43. The topological polar surface area (TPSA) is 99.2 Å². The van der Waals surface area contributed by atoms with Gasteiger partial charge in [0.25, 0.3) is 5.91 Å². The fraction of sp³-hybridized carbons (Fsp3) is 0.296. The van der Waals surface area contributed by atoms with Crippen LogP contribution in [0.25, 0.3) is 0 Å². The van der Waals surface area contributed by atoms with Crippen LogP contribution in [0.15, 0.2) is 54.7 Å². The molecule has 0 aliphatic carbocycles. The van der Waals surface area contributed by atoms with Gasteiger partial charge in [0.15, 0.2) is 23.0 Å². The fourth-order valence-electron chi connectivity index (χ4n) is 4.58. The van der Waals surface area contributed by atoms with Gasteiger partial charge in [0.2, 0.25) is 5.91 Å². The van der Waals surface area contributed by atoms with Crippen LogP contribution < -0.4 is 24.3 Å². The Hall–Kier alpha value is -4.27. The van der Waals surface area contributed by atoms with Crippen molar-refractivity contribution in [3.05, 3.63) is 77.1 Å². The number of benzene rings is 2. The molecule has 2 atom stereocenters. The van der Waals surface area contributed by atoms with Crippen LogP contribution in [0.3, 0.4) is 0 Å². The van der Waals surface area contributed by atoms with Crippen LogP contribution in [0.2, 0.25) is 0 Å². The predicted octanol–water partition coefficient (Wildman–Crippen LogP) is 3.34. The van der Waals surface area contributed by atoms with E-state index in [4.69, 9.17) is 18.9 Å². The van der Waals surface area contributed by atoms with Gasteiger partial charge in [-0.2, -0.15) is 0 Å². The van der Waals surface area contributed by atoms with Gasteiger partial charge in [-0.15, -0.1) is 0 Å². The second-order valence-electron chi connectivity index (χ2n) is 8.29. The molecule has 0 fully saturated rings. The molecule has 36 heavy (non-hydrogen) atoms. The van der Waals surface area contributed by atoms with Crippen molar-refractivity contribution in [2.45, 2.75) is 18.5 Å². The number of carbonyl (C=O) groups is 2. The van der Waals surface area contributed by atoms with E-state index >= 15 is 0 Å². The summed E-state index contributed by atoms with van der Waals surface area (Å²) < 4.78 is 21.8. The van der Waals surface area contributed by atoms with Gasteiger partial charge >= 0.3 is 0 Å². The number of amides is 2. The summed E-state index contributed by atoms with van der Waals surface area (Å²) in [4.78, 5) is 33.2. The van der Waals surface area contributed by atoms with Crippen LogP contribution in [0.1, 0.15) is 39.1 Å². The maximum Gasteiger partial charge on any atom is 0.254 e. The highest BCUT2D eigenvalue weighted by molar-refractivity contribution is 6.02. The Labute approximate surface area is 209 Å². The van der Waals surface area contributed by atoms with Gasteiger partial charge < -0.3 is 29.2 Å². The molecule has 0 radical (unpaired) electrons. The molecule has 0 bridgehead atoms. The van der Waals surface area contributed by atoms with Crippen molar-refractivity contribution in [1.82, 2.24) is 15.2 Å². The third-order valence-electron chi connectivity index (χ3n) is 6.38. The zero-order chi connectivity index (χ0) is 25.8. The van der Waals surface area contributed by atoms with E-state index in [-0.39, 0.29) is 18.4 Å². The van der Waals surface area contributed by atoms with E-state index in [2.05, 4.69) is 10.3 Å². The van der Waals surface area contributed by atoms with Crippen molar-refractivity contribution in [2.24, 2.45) is 0 Å². The summed E-state index contributed by atoms with van der Waals surface area (Å²) in [6, 6.07) is 13.6. The number of carbonyl (C=O) groups excluding carboxylic acids is 2. The number of likely N-dealkylation sites (N-methyl/N-ethyl adjacent to an activating group) is 1. The lowest BCUT2D eigenvalue weighted by molar-refractivity contribution is -0.124. The molecule has 2 aromatic carbocycles. The number of pyridine rings is 1. The minimum absolute atomic E-state index is 0.237. The molecule has 188 valence electrons. The first kappa shape index (κ1) is 24.8. The summed E-state index contributed by atoms with van der Waals surface area (Å²) in [5.41, 5.74) is 2.38. The molecule has 4 rings (SSSR count). The summed E-state index contributed by atoms with van der Waals surface area (Å²) in [7, 11) is 7.80. The number of fused-ring (bicyclic) bond motifs is 1. The maximum atomic E-state index is 13.8. The zero-order valence-electron chi connectivity index (χ0n) is 20.9. The van der Waals surface area contributed by atoms with Crippen LogP contribution in [0.4, 0.5) is 0 Å². The smallest absolute Gasteiger partial charge is 0.254 e. The van der Waals surface area contributed by atoms with Crippen molar-refractivity contribution in [2.75, 3.05) is 35.5 Å². The normalized spacial score (nSPS) is 16.7. The monoisotopic (exact) mass is 491 g/mol. The summed E-state index contributed by atoms with van der Waals surface area (Å²) in [6.07, 6.45) is 1.67. The quantitative estimate of drug-likeness (QED) is 0.516. The molecule has 0 spiro atoms. The number of hydrogen-bond donors (Lipinski definition) is 1. The number of hydrogen-bond acceptors (Lipinski definition) is 7. The number of nitrogens with one attached hydrogen (secondary N) is 1. The molecule has 1 N–H and O–H groups in total. The average Bonchev–Trinajstić information content (AvgIpc) is 2.92. The molecule has 0 saturated carbocycles. The number of aromatic nitrogens is 1. The largest absolute Gasteiger partial charge is 0.493 e. The van der Waals surface area contributed by atoms with E-state index in [1.54, 1.807) is 56.6 Å². The molecule has 1 aliphatic rings. The van der Waals surface area contributed by atoms with Gasteiger partial charge in [-0.25, -0.2) is 0 Å². The number of ether oxygens (including phenoxy) is 4. The summed E-state index contributed by atoms with van der Waals surface area (Å²) in [5, 5.41) is 2.99. The lowest BCUT2D eigenvalue weighted by Gasteiger charge is -2.40. The minimum atomic E-state index is -0.746. The Bertz CT molecular complexity index is 1260. The van der Waals surface area contributed by atoms with E-state index in [1.807, 2.05) is 24.3 Å². The van der Waals surface area contributed by atoms with Gasteiger partial charge in [-0.05, 0) is 47.5 Å². The summed E-state index contributed by atoms with van der Waals surface area (Å²) in [5.74, 6) is 0.657. The van der Waals surface area contributed by atoms with E-state index in [1.165, 1.54) is 14.2 Å². The second kappa shape index (κ2) is 10.6. The first-order chi connectivity index (χ1) is 17.4. The Kier molecular flexibility index (Phi) is 7.28. The Morgan fingerprint density at radius 3 is 2.22 bits per heavy atom. The van der Waals surface area contributed by atoms with Gasteiger partial charge in [0, 0.05) is 18.8 Å². The van der Waals surface area contributed by atoms with Gasteiger partial charge in [-0.1, -0.05) is 12.1 Å². The zero-order valence-corrected chi connectivity index (χ0v) is 20.9. The van der Waals surface area contributed by atoms with Crippen molar-refractivity contribution < 1.29 is 28.5 Å². The van der Waals surface area contributed by atoms with Crippen LogP contribution >= 0.6 is 0 Å². The van der Waals surface area contributed by atoms with Crippen LogP contribution in [0.5, 0.6) is 23.0 Å². The molecule has 9 nitrogen and oxygen atoms in total. The lowest BCUT2D eigenvalue weighted by Crippen LogP contribution is -2.45. The SMILES string of the molecule is COc1ccc([C@H]2[C@H](C(=O)NCc3ccccn3)c3cc(OC)c(OC)cc3C(=O)N2C)cc1OC. The van der Waals surface area contributed by atoms with Crippen LogP contribution in [-0.2, 0) is 11.3 Å². The standard InChI is InChI=1S/C27H29N3O6/c1-30-25(16-9-10-20(33-2)21(12-16)34-3)24(26(31)29-15-17-8-6-7-11-28-17)18-13-22(35-4)23(36-5)14-19(18)27(30)32/h6-14,24-25H,15H2,1-5H3,(H,29,31)/t24-,25+/m1/s1.